The van der Waals surface area contributed by atoms with Crippen LogP contribution < -0.4 is 16.8 Å². The van der Waals surface area contributed by atoms with Gasteiger partial charge in [0.25, 0.3) is 0 Å². The summed E-state index contributed by atoms with van der Waals surface area (Å²) in [7, 11) is 0. The Hall–Kier alpha value is -4.53. The van der Waals surface area contributed by atoms with Crippen molar-refractivity contribution in [1.29, 1.82) is 0 Å². The highest BCUT2D eigenvalue weighted by atomic mass is 16.1. The van der Waals surface area contributed by atoms with Gasteiger partial charge in [-0.15, -0.1) is 0 Å². The number of benzene rings is 1. The molecule has 30 heavy (non-hydrogen) atoms. The molecule has 1 aromatic carbocycles. The summed E-state index contributed by atoms with van der Waals surface area (Å²) in [5.74, 6) is -0.453. The van der Waals surface area contributed by atoms with E-state index in [4.69, 9.17) is 16.5 Å². The number of nitrogens with two attached hydrogens (primary N) is 2. The van der Waals surface area contributed by atoms with Crippen molar-refractivity contribution in [3.8, 4) is 33.9 Å². The fourth-order valence-electron chi connectivity index (χ4n) is 3.64. The summed E-state index contributed by atoms with van der Waals surface area (Å²) >= 11 is 0. The van der Waals surface area contributed by atoms with Crippen molar-refractivity contribution in [1.82, 2.24) is 19.9 Å². The second kappa shape index (κ2) is 6.52. The van der Waals surface area contributed by atoms with Crippen molar-refractivity contribution in [2.45, 2.75) is 0 Å². The summed E-state index contributed by atoms with van der Waals surface area (Å²) < 4.78 is 0. The zero-order valence-electron chi connectivity index (χ0n) is 15.5. The fourth-order valence-corrected chi connectivity index (χ4v) is 3.64. The van der Waals surface area contributed by atoms with Gasteiger partial charge in [-0.05, 0) is 30.3 Å². The lowest BCUT2D eigenvalue weighted by atomic mass is 9.99. The summed E-state index contributed by atoms with van der Waals surface area (Å²) in [6, 6.07) is 10.2. The number of primary amides is 2. The molecular formula is C21H15N7O2. The SMILES string of the molecule is NC(=O)c1cccc(C(N)=O)c1-c1nc2c([nH]1)-c1ccncc1Nc1ncccc1-2. The number of carbonyl (C=O) groups is 2. The molecule has 0 unspecified atom stereocenters. The van der Waals surface area contributed by atoms with Crippen LogP contribution in [-0.2, 0) is 0 Å². The van der Waals surface area contributed by atoms with Crippen LogP contribution in [0.4, 0.5) is 11.5 Å². The minimum Gasteiger partial charge on any atom is -0.366 e. The van der Waals surface area contributed by atoms with E-state index in [1.807, 2.05) is 12.1 Å². The lowest BCUT2D eigenvalue weighted by Gasteiger charge is -2.10. The molecule has 9 heteroatoms. The molecule has 1 aliphatic rings. The van der Waals surface area contributed by atoms with E-state index in [0.717, 1.165) is 16.8 Å². The number of H-pyrrole nitrogens is 1. The molecule has 0 bridgehead atoms. The third-order valence-corrected chi connectivity index (χ3v) is 4.94. The highest BCUT2D eigenvalue weighted by molar-refractivity contribution is 6.08. The maximum absolute atomic E-state index is 12.1. The van der Waals surface area contributed by atoms with Gasteiger partial charge < -0.3 is 21.8 Å². The normalized spacial score (nSPS) is 11.5. The Labute approximate surface area is 170 Å². The van der Waals surface area contributed by atoms with Crippen LogP contribution in [0, 0.1) is 0 Å². The Balaban J connectivity index is 1.85. The molecule has 0 atom stereocenters. The van der Waals surface area contributed by atoms with E-state index in [-0.39, 0.29) is 16.7 Å². The number of nitrogens with one attached hydrogen (secondary N) is 2. The first-order valence-corrected chi connectivity index (χ1v) is 9.04. The lowest BCUT2D eigenvalue weighted by molar-refractivity contribution is 0.0999. The van der Waals surface area contributed by atoms with Crippen LogP contribution in [0.3, 0.4) is 0 Å². The Morgan fingerprint density at radius 2 is 1.67 bits per heavy atom. The number of amides is 2. The van der Waals surface area contributed by atoms with Gasteiger partial charge in [-0.25, -0.2) is 9.97 Å². The van der Waals surface area contributed by atoms with Gasteiger partial charge in [0.2, 0.25) is 11.8 Å². The molecule has 9 nitrogen and oxygen atoms in total. The highest BCUT2D eigenvalue weighted by Crippen LogP contribution is 2.43. The minimum absolute atomic E-state index is 0.148. The lowest BCUT2D eigenvalue weighted by Crippen LogP contribution is -2.18. The van der Waals surface area contributed by atoms with Crippen LogP contribution in [0.5, 0.6) is 0 Å². The quantitative estimate of drug-likeness (QED) is 0.367. The molecule has 0 fully saturated rings. The molecule has 0 saturated heterocycles. The third-order valence-electron chi connectivity index (χ3n) is 4.94. The Morgan fingerprint density at radius 1 is 0.900 bits per heavy atom. The molecule has 6 N–H and O–H groups in total. The summed E-state index contributed by atoms with van der Waals surface area (Å²) in [6.45, 7) is 0. The fraction of sp³-hybridized carbons (Fsp3) is 0. The van der Waals surface area contributed by atoms with Crippen molar-refractivity contribution >= 4 is 23.3 Å². The van der Waals surface area contributed by atoms with E-state index >= 15 is 0 Å². The van der Waals surface area contributed by atoms with Gasteiger partial charge >= 0.3 is 0 Å². The molecule has 0 radical (unpaired) electrons. The molecule has 3 aromatic heterocycles. The first kappa shape index (κ1) is 17.6. The van der Waals surface area contributed by atoms with Crippen molar-refractivity contribution in [3.63, 3.8) is 0 Å². The first-order chi connectivity index (χ1) is 14.5. The number of imidazole rings is 1. The average Bonchev–Trinajstić information content (AvgIpc) is 3.13. The van der Waals surface area contributed by atoms with E-state index in [2.05, 4.69) is 20.3 Å². The van der Waals surface area contributed by atoms with Gasteiger partial charge in [0.1, 0.15) is 17.3 Å². The Kier molecular flexibility index (Phi) is 3.82. The molecule has 0 saturated carbocycles. The van der Waals surface area contributed by atoms with Gasteiger partial charge in [-0.3, -0.25) is 14.6 Å². The summed E-state index contributed by atoms with van der Waals surface area (Å²) in [5.41, 5.74) is 15.3. The number of anilines is 2. The number of pyridine rings is 2. The minimum atomic E-state index is -0.687. The molecule has 146 valence electrons. The average molecular weight is 397 g/mol. The van der Waals surface area contributed by atoms with Gasteiger partial charge in [0.05, 0.1) is 28.7 Å². The van der Waals surface area contributed by atoms with Crippen LogP contribution in [0.1, 0.15) is 20.7 Å². The number of fused-ring (bicyclic) bond motifs is 5. The molecular weight excluding hydrogens is 382 g/mol. The maximum Gasteiger partial charge on any atom is 0.249 e. The molecule has 1 aliphatic heterocycles. The zero-order chi connectivity index (χ0) is 20.8. The van der Waals surface area contributed by atoms with E-state index in [1.165, 1.54) is 12.1 Å². The van der Waals surface area contributed by atoms with E-state index in [1.54, 1.807) is 30.7 Å². The number of aromatic amines is 1. The van der Waals surface area contributed by atoms with Gasteiger partial charge in [0.15, 0.2) is 0 Å². The van der Waals surface area contributed by atoms with Crippen molar-refractivity contribution < 1.29 is 9.59 Å². The number of hydrogen-bond acceptors (Lipinski definition) is 6. The van der Waals surface area contributed by atoms with E-state index in [0.29, 0.717) is 23.0 Å². The standard InChI is InChI=1S/C21H15N7O2/c22-18(29)11-3-1-4-12(19(23)30)15(11)21-27-16-10-6-8-24-9-14(10)26-20-13(17(16)28-21)5-2-7-25-20/h1-9H,(H2,22,29)(H2,23,30)(H,25,26)(H,27,28). The van der Waals surface area contributed by atoms with Crippen molar-refractivity contribution in [3.05, 3.63) is 66.1 Å². The number of aromatic nitrogens is 4. The molecule has 4 heterocycles. The predicted octanol–water partition coefficient (Wildman–Crippen LogP) is 2.46. The largest absolute Gasteiger partial charge is 0.366 e. The summed E-state index contributed by atoms with van der Waals surface area (Å²) in [4.78, 5) is 40.7. The monoisotopic (exact) mass is 397 g/mol. The molecule has 4 aromatic rings. The van der Waals surface area contributed by atoms with Crippen molar-refractivity contribution in [2.24, 2.45) is 11.5 Å². The van der Waals surface area contributed by atoms with Crippen LogP contribution in [0.15, 0.2) is 55.0 Å². The molecule has 2 amide bonds. The van der Waals surface area contributed by atoms with Crippen LogP contribution in [0.25, 0.3) is 33.9 Å². The molecule has 5 rings (SSSR count). The smallest absolute Gasteiger partial charge is 0.249 e. The number of hydrogen-bond donors (Lipinski definition) is 4. The predicted molar refractivity (Wildman–Crippen MR) is 111 cm³/mol. The maximum atomic E-state index is 12.1. The number of nitrogens with zero attached hydrogens (tertiary/aromatic N) is 3. The van der Waals surface area contributed by atoms with Gasteiger partial charge in [-0.2, -0.15) is 0 Å². The Morgan fingerprint density at radius 3 is 2.40 bits per heavy atom. The van der Waals surface area contributed by atoms with Crippen molar-refractivity contribution in [2.75, 3.05) is 5.32 Å². The summed E-state index contributed by atoms with van der Waals surface area (Å²) in [5, 5.41) is 3.27. The molecule has 0 spiro atoms. The zero-order valence-corrected chi connectivity index (χ0v) is 15.5. The van der Waals surface area contributed by atoms with E-state index < -0.39 is 11.8 Å². The molecule has 0 aliphatic carbocycles. The second-order valence-electron chi connectivity index (χ2n) is 6.71. The third kappa shape index (κ3) is 2.60. The Bertz CT molecular complexity index is 1250. The second-order valence-corrected chi connectivity index (χ2v) is 6.71. The van der Waals surface area contributed by atoms with Crippen LogP contribution >= 0.6 is 0 Å². The van der Waals surface area contributed by atoms with Gasteiger partial charge in [-0.1, -0.05) is 6.07 Å². The van der Waals surface area contributed by atoms with Gasteiger partial charge in [0, 0.05) is 29.1 Å². The summed E-state index contributed by atoms with van der Waals surface area (Å²) in [6.07, 6.45) is 5.03. The number of carbonyl (C=O) groups excluding carboxylic acids is 2. The number of rotatable bonds is 3. The highest BCUT2D eigenvalue weighted by Gasteiger charge is 2.27. The van der Waals surface area contributed by atoms with Crippen LogP contribution in [-0.4, -0.2) is 31.8 Å². The van der Waals surface area contributed by atoms with Crippen LogP contribution in [0.2, 0.25) is 0 Å². The van der Waals surface area contributed by atoms with E-state index in [9.17, 15) is 9.59 Å². The topological polar surface area (TPSA) is 153 Å². The first-order valence-electron chi connectivity index (χ1n) is 9.04.